The molecule has 0 fully saturated rings. The van der Waals surface area contributed by atoms with Gasteiger partial charge in [0.05, 0.1) is 28.6 Å². The molecule has 2 aromatic heterocycles. The number of thioether (sulfide) groups is 1. The molecule has 12 heteroatoms. The number of benzene rings is 1. The lowest BCUT2D eigenvalue weighted by molar-refractivity contribution is -0.772. The molecule has 0 aliphatic heterocycles. The maximum atomic E-state index is 12.7. The number of anilines is 2. The Morgan fingerprint density at radius 2 is 1.97 bits per heavy atom. The molecule has 10 nitrogen and oxygen atoms in total. The number of para-hydroxylation sites is 1. The lowest BCUT2D eigenvalue weighted by Crippen LogP contribution is -2.32. The molecule has 0 aliphatic rings. The first-order chi connectivity index (χ1) is 14.8. The molecule has 2 heterocycles. The number of methoxy groups -OCH3 is 1. The largest absolute Gasteiger partial charge is 0.538 e. The van der Waals surface area contributed by atoms with Crippen molar-refractivity contribution < 1.29 is 33.4 Å². The second-order valence-electron chi connectivity index (χ2n) is 6.20. The summed E-state index contributed by atoms with van der Waals surface area (Å²) in [4.78, 5) is 37.7. The van der Waals surface area contributed by atoms with Gasteiger partial charge in [-0.05, 0) is 36.4 Å². The fraction of sp³-hybridized carbons (Fsp3) is 0.211. The summed E-state index contributed by atoms with van der Waals surface area (Å²) in [7, 11) is 2.73. The van der Waals surface area contributed by atoms with Crippen molar-refractivity contribution in [3.05, 3.63) is 46.3 Å². The minimum absolute atomic E-state index is 0.101. The quantitative estimate of drug-likeness (QED) is 0.308. The summed E-state index contributed by atoms with van der Waals surface area (Å²) in [5.41, 5.74) is 1.08. The van der Waals surface area contributed by atoms with Gasteiger partial charge in [0.25, 0.3) is 10.9 Å². The number of hydrogen-bond donors (Lipinski definition) is 2. The molecular formula is C19H18N4O6S2. The zero-order valence-electron chi connectivity index (χ0n) is 16.8. The van der Waals surface area contributed by atoms with Crippen LogP contribution in [0.5, 0.6) is 5.95 Å². The third kappa shape index (κ3) is 5.03. The van der Waals surface area contributed by atoms with Gasteiger partial charge in [-0.1, -0.05) is 22.9 Å². The fourth-order valence-corrected chi connectivity index (χ4v) is 4.45. The number of esters is 1. The van der Waals surface area contributed by atoms with E-state index in [4.69, 9.17) is 4.74 Å². The Kier molecular flexibility index (Phi) is 6.92. The van der Waals surface area contributed by atoms with Crippen LogP contribution in [-0.2, 0) is 16.6 Å². The van der Waals surface area contributed by atoms with Crippen molar-refractivity contribution in [1.29, 1.82) is 0 Å². The second kappa shape index (κ2) is 9.62. The van der Waals surface area contributed by atoms with E-state index < -0.39 is 23.7 Å². The minimum atomic E-state index is -0.678. The molecule has 1 aromatic carbocycles. The highest BCUT2D eigenvalue weighted by molar-refractivity contribution is 7.99. The number of nitrogens with zero attached hydrogens (tertiary/aromatic N) is 2. The van der Waals surface area contributed by atoms with Crippen LogP contribution in [-0.4, -0.2) is 35.9 Å². The molecular weight excluding hydrogens is 444 g/mol. The number of aryl methyl sites for hydroxylation is 1. The lowest BCUT2D eigenvalue weighted by atomic mass is 10.1. The van der Waals surface area contributed by atoms with Crippen LogP contribution < -0.4 is 20.4 Å². The molecule has 0 saturated heterocycles. The number of hydrogen-bond acceptors (Lipinski definition) is 9. The van der Waals surface area contributed by atoms with Gasteiger partial charge in [-0.15, -0.1) is 11.3 Å². The molecule has 0 saturated carbocycles. The standard InChI is InChI=1S/C19H18N4O6S2/c1-10-13(18(26)28-3)16(21-12(24)9-30-17-19(27)29-22-23(17)2)31-14(10)15(25)20-11-7-5-4-6-8-11/h4-8H,9H2,1-3H3,(H2-,20,21,22,24,25,26,27). The van der Waals surface area contributed by atoms with Crippen LogP contribution >= 0.6 is 23.1 Å². The number of ether oxygens (including phenoxy) is 1. The predicted octanol–water partition coefficient (Wildman–Crippen LogP) is 1.71. The number of thiophene rings is 1. The van der Waals surface area contributed by atoms with E-state index >= 15 is 0 Å². The Morgan fingerprint density at radius 1 is 1.26 bits per heavy atom. The minimum Gasteiger partial charge on any atom is -0.538 e. The van der Waals surface area contributed by atoms with Crippen LogP contribution in [0.25, 0.3) is 0 Å². The fourth-order valence-electron chi connectivity index (χ4n) is 2.63. The zero-order chi connectivity index (χ0) is 22.5. The van der Waals surface area contributed by atoms with E-state index in [1.165, 1.54) is 18.8 Å². The van der Waals surface area contributed by atoms with E-state index in [0.29, 0.717) is 11.3 Å². The highest BCUT2D eigenvalue weighted by Gasteiger charge is 2.27. The van der Waals surface area contributed by atoms with Crippen molar-refractivity contribution in [3.63, 3.8) is 0 Å². The summed E-state index contributed by atoms with van der Waals surface area (Å²) < 4.78 is 10.5. The van der Waals surface area contributed by atoms with Crippen LogP contribution in [0, 0.1) is 6.92 Å². The van der Waals surface area contributed by atoms with Crippen LogP contribution in [0.15, 0.2) is 39.9 Å². The summed E-state index contributed by atoms with van der Waals surface area (Å²) in [5.74, 6) is -2.36. The van der Waals surface area contributed by atoms with Gasteiger partial charge in [0, 0.05) is 5.69 Å². The number of carbonyl (C=O) groups is 3. The molecule has 31 heavy (non-hydrogen) atoms. The van der Waals surface area contributed by atoms with Gasteiger partial charge in [0.1, 0.15) is 5.00 Å². The first kappa shape index (κ1) is 22.3. The molecule has 0 unspecified atom stereocenters. The third-order valence-electron chi connectivity index (χ3n) is 4.08. The normalized spacial score (nSPS) is 10.5. The Morgan fingerprint density at radius 3 is 2.58 bits per heavy atom. The maximum Gasteiger partial charge on any atom is 0.341 e. The van der Waals surface area contributed by atoms with E-state index in [1.807, 2.05) is 6.07 Å². The van der Waals surface area contributed by atoms with E-state index in [2.05, 4.69) is 20.4 Å². The van der Waals surface area contributed by atoms with Gasteiger partial charge < -0.3 is 25.0 Å². The Balaban J connectivity index is 1.80. The molecule has 162 valence electrons. The van der Waals surface area contributed by atoms with Gasteiger partial charge in [-0.3, -0.25) is 9.59 Å². The number of rotatable bonds is 7. The zero-order valence-corrected chi connectivity index (χ0v) is 18.4. The van der Waals surface area contributed by atoms with Crippen LogP contribution in [0.4, 0.5) is 10.7 Å². The van der Waals surface area contributed by atoms with E-state index in [1.54, 1.807) is 31.2 Å². The monoisotopic (exact) mass is 462 g/mol. The van der Waals surface area contributed by atoms with Crippen molar-refractivity contribution in [1.82, 2.24) is 5.27 Å². The van der Waals surface area contributed by atoms with Crippen molar-refractivity contribution >= 4 is 51.6 Å². The molecule has 0 bridgehead atoms. The average molecular weight is 463 g/mol. The van der Waals surface area contributed by atoms with E-state index in [9.17, 15) is 19.5 Å². The SMILES string of the molecule is COC(=O)c1c(NC(=O)CSc2c([O-])on[n+]2C)sc(C(=O)Nc2ccccc2)c1C. The van der Waals surface area contributed by atoms with Crippen LogP contribution in [0.2, 0.25) is 0 Å². The lowest BCUT2D eigenvalue weighted by Gasteiger charge is -2.05. The summed E-state index contributed by atoms with van der Waals surface area (Å²) in [6.07, 6.45) is 0. The Labute approximate surface area is 185 Å². The number of nitrogens with one attached hydrogen (secondary N) is 2. The molecule has 2 N–H and O–H groups in total. The number of carbonyl (C=O) groups excluding carboxylic acids is 3. The highest BCUT2D eigenvalue weighted by Crippen LogP contribution is 2.34. The van der Waals surface area contributed by atoms with Crippen molar-refractivity contribution in [2.75, 3.05) is 23.5 Å². The maximum absolute atomic E-state index is 12.7. The number of amides is 2. The van der Waals surface area contributed by atoms with E-state index in [-0.39, 0.29) is 26.2 Å². The molecule has 3 aromatic rings. The van der Waals surface area contributed by atoms with Gasteiger partial charge in [-0.2, -0.15) is 0 Å². The number of aromatic nitrogens is 2. The Bertz CT molecular complexity index is 1110. The predicted molar refractivity (Wildman–Crippen MR) is 111 cm³/mol. The Hall–Kier alpha value is -3.38. The van der Waals surface area contributed by atoms with Crippen molar-refractivity contribution in [2.45, 2.75) is 11.9 Å². The first-order valence-corrected chi connectivity index (χ1v) is 10.7. The van der Waals surface area contributed by atoms with Crippen LogP contribution in [0.1, 0.15) is 25.6 Å². The summed E-state index contributed by atoms with van der Waals surface area (Å²) in [6.45, 7) is 1.61. The van der Waals surface area contributed by atoms with Crippen molar-refractivity contribution in [2.24, 2.45) is 7.05 Å². The molecule has 2 amide bonds. The molecule has 0 spiro atoms. The molecule has 3 rings (SSSR count). The van der Waals surface area contributed by atoms with Crippen LogP contribution in [0.3, 0.4) is 0 Å². The first-order valence-electron chi connectivity index (χ1n) is 8.85. The topological polar surface area (TPSA) is 137 Å². The summed E-state index contributed by atoms with van der Waals surface area (Å²) >= 11 is 1.90. The highest BCUT2D eigenvalue weighted by atomic mass is 32.2. The van der Waals surface area contributed by atoms with Gasteiger partial charge in [0.15, 0.2) is 13.0 Å². The van der Waals surface area contributed by atoms with E-state index in [0.717, 1.165) is 23.1 Å². The summed E-state index contributed by atoms with van der Waals surface area (Å²) in [5, 5.41) is 20.8. The molecule has 0 radical (unpaired) electrons. The average Bonchev–Trinajstić information content (AvgIpc) is 3.25. The smallest absolute Gasteiger partial charge is 0.341 e. The molecule has 0 aliphatic carbocycles. The van der Waals surface area contributed by atoms with Gasteiger partial charge in [-0.25, -0.2) is 4.79 Å². The van der Waals surface area contributed by atoms with Crippen molar-refractivity contribution in [3.8, 4) is 5.95 Å². The van der Waals surface area contributed by atoms with Gasteiger partial charge in [0.2, 0.25) is 5.91 Å². The second-order valence-corrected chi connectivity index (χ2v) is 8.18. The van der Waals surface area contributed by atoms with Gasteiger partial charge >= 0.3 is 5.97 Å². The summed E-state index contributed by atoms with van der Waals surface area (Å²) in [6, 6.07) is 8.85. The third-order valence-corrected chi connectivity index (χ3v) is 6.40. The molecule has 0 atom stereocenters.